The number of amides is 3. The first kappa shape index (κ1) is 14.4. The van der Waals surface area contributed by atoms with Gasteiger partial charge in [0.05, 0.1) is 12.5 Å². The monoisotopic (exact) mass is 258 g/mol. The molecule has 0 radical (unpaired) electrons. The summed E-state index contributed by atoms with van der Waals surface area (Å²) in [4.78, 5) is 32.7. The zero-order valence-corrected chi connectivity index (χ0v) is 10.1. The smallest absolute Gasteiger partial charge is 0.321 e. The molecule has 0 aromatic carbocycles. The Morgan fingerprint density at radius 2 is 2.00 bits per heavy atom. The van der Waals surface area contributed by atoms with Crippen LogP contribution in [0.15, 0.2) is 0 Å². The van der Waals surface area contributed by atoms with Crippen molar-refractivity contribution in [2.45, 2.75) is 38.2 Å². The molecule has 3 amide bonds. The molecule has 3 N–H and O–H groups in total. The largest absolute Gasteiger partial charge is 0.481 e. The van der Waals surface area contributed by atoms with Gasteiger partial charge in [-0.2, -0.15) is 0 Å². The summed E-state index contributed by atoms with van der Waals surface area (Å²) in [7, 11) is 0. The zero-order valence-electron chi connectivity index (χ0n) is 10.1. The molecule has 1 atom stereocenters. The maximum absolute atomic E-state index is 11.3. The minimum Gasteiger partial charge on any atom is -0.481 e. The summed E-state index contributed by atoms with van der Waals surface area (Å²) in [6.45, 7) is 1.06. The number of hydrogen-bond acceptors (Lipinski definition) is 4. The van der Waals surface area contributed by atoms with Gasteiger partial charge in [-0.25, -0.2) is 4.79 Å². The number of aliphatic carboxylic acids is 1. The van der Waals surface area contributed by atoms with Gasteiger partial charge in [0, 0.05) is 19.6 Å². The third-order valence-corrected chi connectivity index (χ3v) is 2.58. The Bertz CT molecular complexity index is 313. The van der Waals surface area contributed by atoms with Crippen LogP contribution >= 0.6 is 0 Å². The Kier molecular flexibility index (Phi) is 6.13. The van der Waals surface area contributed by atoms with Gasteiger partial charge in [0.15, 0.2) is 0 Å². The van der Waals surface area contributed by atoms with Crippen molar-refractivity contribution in [1.29, 1.82) is 0 Å². The molecule has 1 unspecified atom stereocenters. The lowest BCUT2D eigenvalue weighted by molar-refractivity contribution is -0.138. The van der Waals surface area contributed by atoms with Crippen LogP contribution in [0.5, 0.6) is 0 Å². The summed E-state index contributed by atoms with van der Waals surface area (Å²) in [6.07, 6.45) is 2.52. The third-order valence-electron chi connectivity index (χ3n) is 2.58. The fourth-order valence-corrected chi connectivity index (χ4v) is 1.63. The van der Waals surface area contributed by atoms with Crippen LogP contribution in [-0.4, -0.2) is 42.3 Å². The van der Waals surface area contributed by atoms with E-state index in [2.05, 4.69) is 10.6 Å². The number of carboxylic acid groups (broad SMARTS) is 1. The van der Waals surface area contributed by atoms with Crippen LogP contribution < -0.4 is 10.6 Å². The predicted molar refractivity (Wildman–Crippen MR) is 62.0 cm³/mol. The number of urea groups is 1. The molecule has 0 aliphatic carbocycles. The molecule has 1 rings (SSSR count). The van der Waals surface area contributed by atoms with Crippen LogP contribution in [0.25, 0.3) is 0 Å². The molecule has 1 fully saturated rings. The molecule has 0 spiro atoms. The minimum atomic E-state index is -1.07. The Hall–Kier alpha value is -1.63. The van der Waals surface area contributed by atoms with Gasteiger partial charge in [-0.1, -0.05) is 0 Å². The van der Waals surface area contributed by atoms with E-state index in [-0.39, 0.29) is 18.9 Å². The summed E-state index contributed by atoms with van der Waals surface area (Å²) >= 11 is 0. The normalized spacial score (nSPS) is 19.0. The van der Waals surface area contributed by atoms with Crippen LogP contribution in [0.3, 0.4) is 0 Å². The number of carboxylic acids is 1. The second kappa shape index (κ2) is 7.65. The highest BCUT2D eigenvalue weighted by Crippen LogP contribution is 2.11. The Morgan fingerprint density at radius 1 is 1.22 bits per heavy atom. The van der Waals surface area contributed by atoms with Crippen molar-refractivity contribution in [3.05, 3.63) is 0 Å². The second-order valence-electron chi connectivity index (χ2n) is 4.14. The number of imide groups is 1. The molecule has 0 aromatic heterocycles. The van der Waals surface area contributed by atoms with Crippen LogP contribution in [0.2, 0.25) is 0 Å². The van der Waals surface area contributed by atoms with Gasteiger partial charge in [0.1, 0.15) is 0 Å². The Morgan fingerprint density at radius 3 is 2.61 bits per heavy atom. The summed E-state index contributed by atoms with van der Waals surface area (Å²) in [5, 5.41) is 13.0. The highest BCUT2D eigenvalue weighted by atomic mass is 16.5. The fourth-order valence-electron chi connectivity index (χ4n) is 1.63. The number of carbonyl (C=O) groups is 3. The molecular weight excluding hydrogens is 240 g/mol. The molecule has 18 heavy (non-hydrogen) atoms. The molecule has 0 bridgehead atoms. The van der Waals surface area contributed by atoms with Gasteiger partial charge < -0.3 is 15.2 Å². The molecule has 7 nitrogen and oxygen atoms in total. The molecule has 0 saturated carbocycles. The van der Waals surface area contributed by atoms with Gasteiger partial charge in [-0.05, 0) is 19.3 Å². The summed E-state index contributed by atoms with van der Waals surface area (Å²) in [6, 6.07) is -0.612. The molecule has 102 valence electrons. The van der Waals surface area contributed by atoms with Gasteiger partial charge in [-0.3, -0.25) is 14.9 Å². The first-order chi connectivity index (χ1) is 8.58. The van der Waals surface area contributed by atoms with E-state index < -0.39 is 17.9 Å². The van der Waals surface area contributed by atoms with E-state index in [4.69, 9.17) is 9.84 Å². The Balaban J connectivity index is 2.12. The molecule has 0 aromatic rings. The number of rotatable bonds is 5. The minimum absolute atomic E-state index is 0.00128. The summed E-state index contributed by atoms with van der Waals surface area (Å²) in [5.74, 6) is -1.67. The van der Waals surface area contributed by atoms with Gasteiger partial charge >= 0.3 is 12.0 Å². The van der Waals surface area contributed by atoms with Crippen molar-refractivity contribution in [3.8, 4) is 0 Å². The molecule has 1 heterocycles. The number of nitrogens with one attached hydrogen (secondary N) is 2. The first-order valence-corrected chi connectivity index (χ1v) is 5.99. The van der Waals surface area contributed by atoms with Gasteiger partial charge in [0.25, 0.3) is 0 Å². The molecular formula is C11H18N2O5. The van der Waals surface area contributed by atoms with Gasteiger partial charge in [-0.15, -0.1) is 0 Å². The highest BCUT2D eigenvalue weighted by Gasteiger charge is 2.15. The third kappa shape index (κ3) is 6.19. The standard InChI is InChI=1S/C11H18N2O5/c14-9(4-5-10(15)16)13-11(17)12-7-8-3-1-2-6-18-8/h8H,1-7H2,(H,15,16)(H2,12,13,14,17). The molecule has 7 heteroatoms. The lowest BCUT2D eigenvalue weighted by Crippen LogP contribution is -2.43. The van der Waals surface area contributed by atoms with Crippen molar-refractivity contribution < 1.29 is 24.2 Å². The summed E-state index contributed by atoms with van der Waals surface area (Å²) in [5.41, 5.74) is 0. The average molecular weight is 258 g/mol. The lowest BCUT2D eigenvalue weighted by atomic mass is 10.1. The van der Waals surface area contributed by atoms with Gasteiger partial charge in [0.2, 0.25) is 5.91 Å². The number of ether oxygens (including phenoxy) is 1. The first-order valence-electron chi connectivity index (χ1n) is 5.99. The van der Waals surface area contributed by atoms with Crippen molar-refractivity contribution >= 4 is 17.9 Å². The van der Waals surface area contributed by atoms with E-state index in [0.717, 1.165) is 19.3 Å². The van der Waals surface area contributed by atoms with E-state index in [1.807, 2.05) is 0 Å². The fraction of sp³-hybridized carbons (Fsp3) is 0.727. The second-order valence-corrected chi connectivity index (χ2v) is 4.14. The topological polar surface area (TPSA) is 105 Å². The molecule has 1 aliphatic heterocycles. The van der Waals surface area contributed by atoms with Crippen molar-refractivity contribution in [1.82, 2.24) is 10.6 Å². The zero-order chi connectivity index (χ0) is 13.4. The maximum atomic E-state index is 11.3. The highest BCUT2D eigenvalue weighted by molar-refractivity contribution is 5.95. The molecule has 1 aliphatic rings. The maximum Gasteiger partial charge on any atom is 0.321 e. The van der Waals surface area contributed by atoms with E-state index in [1.54, 1.807) is 0 Å². The van der Waals surface area contributed by atoms with Crippen LogP contribution in [0, 0.1) is 0 Å². The predicted octanol–water partition coefficient (Wildman–Crippen LogP) is 0.246. The van der Waals surface area contributed by atoms with Crippen molar-refractivity contribution in [2.24, 2.45) is 0 Å². The lowest BCUT2D eigenvalue weighted by Gasteiger charge is -2.22. The molecule has 1 saturated heterocycles. The number of hydrogen-bond donors (Lipinski definition) is 3. The van der Waals surface area contributed by atoms with E-state index in [9.17, 15) is 14.4 Å². The quantitative estimate of drug-likeness (QED) is 0.655. The van der Waals surface area contributed by atoms with Crippen molar-refractivity contribution in [3.63, 3.8) is 0 Å². The van der Waals surface area contributed by atoms with Crippen LogP contribution in [0.1, 0.15) is 32.1 Å². The van der Waals surface area contributed by atoms with Crippen molar-refractivity contribution in [2.75, 3.05) is 13.2 Å². The average Bonchev–Trinajstić information content (AvgIpc) is 2.35. The Labute approximate surface area is 105 Å². The van der Waals surface area contributed by atoms with E-state index in [0.29, 0.717) is 13.2 Å². The van der Waals surface area contributed by atoms with E-state index >= 15 is 0 Å². The van der Waals surface area contributed by atoms with Crippen LogP contribution in [0.4, 0.5) is 4.79 Å². The number of carbonyl (C=O) groups excluding carboxylic acids is 2. The van der Waals surface area contributed by atoms with E-state index in [1.165, 1.54) is 0 Å². The SMILES string of the molecule is O=C(O)CCC(=O)NC(=O)NCC1CCCCO1. The summed E-state index contributed by atoms with van der Waals surface area (Å²) < 4.78 is 5.41. The van der Waals surface area contributed by atoms with Crippen LogP contribution in [-0.2, 0) is 14.3 Å².